The van der Waals surface area contributed by atoms with E-state index in [1.54, 1.807) is 34.9 Å². The first kappa shape index (κ1) is 33.0. The van der Waals surface area contributed by atoms with E-state index >= 15 is 13.6 Å². The summed E-state index contributed by atoms with van der Waals surface area (Å²) in [6.45, 7) is 9.47. The standard InChI is InChI=1S/C36H36ClF2N5O4/c1-8-27(46)42-17-25-35(47)41(7)34-33(43(25)16-19(42)4)21-15-22(37)28(29-23(38)12-10-14-26(29)45)30(39)32(21)44(36(34)48)31-20(18(2)3)11-9-13-24(31)40(5)6/h8-15,18-19,25,45H,1,16-17H2,2-7H3. The van der Waals surface area contributed by atoms with Gasteiger partial charge in [-0.25, -0.2) is 8.78 Å². The van der Waals surface area contributed by atoms with E-state index in [2.05, 4.69) is 6.58 Å². The van der Waals surface area contributed by atoms with Crippen LogP contribution in [0.3, 0.4) is 0 Å². The molecule has 0 radical (unpaired) electrons. The van der Waals surface area contributed by atoms with E-state index in [0.29, 0.717) is 11.4 Å². The zero-order chi connectivity index (χ0) is 34.9. The molecule has 1 saturated heterocycles. The van der Waals surface area contributed by atoms with Gasteiger partial charge in [-0.2, -0.15) is 0 Å². The van der Waals surface area contributed by atoms with Gasteiger partial charge in [-0.15, -0.1) is 0 Å². The number of hydrogen-bond donors (Lipinski definition) is 1. The van der Waals surface area contributed by atoms with E-state index < -0.39 is 52.1 Å². The molecule has 0 bridgehead atoms. The van der Waals surface area contributed by atoms with Crippen molar-refractivity contribution < 1.29 is 23.5 Å². The topological polar surface area (TPSA) is 89.3 Å². The molecule has 1 aromatic heterocycles. The van der Waals surface area contributed by atoms with E-state index in [-0.39, 0.29) is 52.2 Å². The van der Waals surface area contributed by atoms with Crippen LogP contribution in [0.2, 0.25) is 5.02 Å². The Labute approximate surface area is 281 Å². The molecule has 3 aromatic carbocycles. The minimum absolute atomic E-state index is 0.0115. The number of carbonyl (C=O) groups excluding carboxylic acids is 2. The highest BCUT2D eigenvalue weighted by Crippen LogP contribution is 2.48. The number of phenols is 1. The normalized spacial score (nSPS) is 17.5. The minimum atomic E-state index is -1.02. The molecule has 1 fully saturated rings. The zero-order valence-electron chi connectivity index (χ0n) is 27.5. The monoisotopic (exact) mass is 675 g/mol. The van der Waals surface area contributed by atoms with Crippen molar-refractivity contribution in [2.24, 2.45) is 0 Å². The highest BCUT2D eigenvalue weighted by Gasteiger charge is 2.46. The van der Waals surface area contributed by atoms with Crippen molar-refractivity contribution in [1.82, 2.24) is 9.47 Å². The number of fused-ring (bicyclic) bond motifs is 5. The summed E-state index contributed by atoms with van der Waals surface area (Å²) in [4.78, 5) is 48.1. The highest BCUT2D eigenvalue weighted by molar-refractivity contribution is 6.35. The van der Waals surface area contributed by atoms with Gasteiger partial charge in [0, 0.05) is 44.7 Å². The number of nitrogens with zero attached hydrogens (tertiary/aromatic N) is 5. The number of hydrogen-bond acceptors (Lipinski definition) is 6. The van der Waals surface area contributed by atoms with Crippen molar-refractivity contribution in [3.05, 3.63) is 87.7 Å². The van der Waals surface area contributed by atoms with Crippen molar-refractivity contribution in [3.8, 4) is 22.6 Å². The number of benzene rings is 3. The van der Waals surface area contributed by atoms with E-state index in [9.17, 15) is 14.7 Å². The summed E-state index contributed by atoms with van der Waals surface area (Å²) in [7, 11) is 5.09. The highest BCUT2D eigenvalue weighted by atomic mass is 35.5. The van der Waals surface area contributed by atoms with Crippen LogP contribution in [-0.4, -0.2) is 72.7 Å². The molecule has 9 nitrogen and oxygen atoms in total. The second-order valence-electron chi connectivity index (χ2n) is 12.8. The van der Waals surface area contributed by atoms with Gasteiger partial charge in [0.05, 0.1) is 39.7 Å². The van der Waals surface area contributed by atoms with Crippen LogP contribution < -0.4 is 20.3 Å². The Morgan fingerprint density at radius 3 is 2.38 bits per heavy atom. The first-order chi connectivity index (χ1) is 22.7. The van der Waals surface area contributed by atoms with Gasteiger partial charge in [0.2, 0.25) is 5.91 Å². The second-order valence-corrected chi connectivity index (χ2v) is 13.2. The van der Waals surface area contributed by atoms with Gasteiger partial charge >= 0.3 is 0 Å². The summed E-state index contributed by atoms with van der Waals surface area (Å²) in [6.07, 6.45) is 1.19. The van der Waals surface area contributed by atoms with Gasteiger partial charge in [0.15, 0.2) is 5.82 Å². The van der Waals surface area contributed by atoms with E-state index in [1.807, 2.05) is 32.9 Å². The molecule has 0 spiro atoms. The van der Waals surface area contributed by atoms with E-state index in [4.69, 9.17) is 11.6 Å². The Bertz CT molecular complexity index is 2050. The lowest BCUT2D eigenvalue weighted by Crippen LogP contribution is -2.66. The van der Waals surface area contributed by atoms with Crippen LogP contribution in [0.1, 0.15) is 32.3 Å². The van der Waals surface area contributed by atoms with Crippen LogP contribution in [0.15, 0.2) is 59.9 Å². The number of para-hydroxylation sites is 1. The van der Waals surface area contributed by atoms with Gasteiger partial charge in [-0.3, -0.25) is 19.0 Å². The quantitative estimate of drug-likeness (QED) is 0.259. The SMILES string of the molecule is C=CC(=O)N1CC2C(=O)N(C)c3c(c4cc(Cl)c(-c5c(O)cccc5F)c(F)c4n(-c4c(C(C)C)cccc4N(C)C)c3=O)N2CC1C. The fourth-order valence-electron chi connectivity index (χ4n) is 7.05. The molecule has 2 aliphatic heterocycles. The van der Waals surface area contributed by atoms with Crippen molar-refractivity contribution >= 4 is 51.4 Å². The molecular formula is C36H36ClF2N5O4. The number of aromatic hydroxyl groups is 1. The maximum absolute atomic E-state index is 17.5. The summed E-state index contributed by atoms with van der Waals surface area (Å²) in [5.41, 5.74) is 0.267. The van der Waals surface area contributed by atoms with Crippen LogP contribution in [-0.2, 0) is 9.59 Å². The number of piperazine rings is 1. The van der Waals surface area contributed by atoms with Gasteiger partial charge in [0.1, 0.15) is 23.3 Å². The average molecular weight is 676 g/mol. The smallest absolute Gasteiger partial charge is 0.281 e. The molecule has 2 amide bonds. The Kier molecular flexibility index (Phi) is 8.23. The van der Waals surface area contributed by atoms with E-state index in [0.717, 1.165) is 11.6 Å². The molecule has 2 aliphatic rings. The first-order valence-corrected chi connectivity index (χ1v) is 15.9. The molecule has 250 valence electrons. The number of carbonyl (C=O) groups is 2. The van der Waals surface area contributed by atoms with Crippen LogP contribution >= 0.6 is 11.6 Å². The molecule has 3 heterocycles. The predicted molar refractivity (Wildman–Crippen MR) is 186 cm³/mol. The molecule has 12 heteroatoms. The number of pyridine rings is 1. The second kappa shape index (κ2) is 12.0. The van der Waals surface area contributed by atoms with Crippen LogP contribution in [0.4, 0.5) is 25.8 Å². The van der Waals surface area contributed by atoms with Crippen LogP contribution in [0.25, 0.3) is 27.7 Å². The molecule has 1 N–H and O–H groups in total. The van der Waals surface area contributed by atoms with Crippen molar-refractivity contribution in [2.75, 3.05) is 48.9 Å². The molecule has 48 heavy (non-hydrogen) atoms. The fraction of sp³-hybridized carbons (Fsp3) is 0.306. The largest absolute Gasteiger partial charge is 0.507 e. The number of halogens is 3. The minimum Gasteiger partial charge on any atom is -0.507 e. The number of aromatic nitrogens is 1. The summed E-state index contributed by atoms with van der Waals surface area (Å²) in [5, 5.41) is 10.7. The maximum Gasteiger partial charge on any atom is 0.281 e. The lowest BCUT2D eigenvalue weighted by molar-refractivity contribution is -0.130. The Morgan fingerprint density at radius 1 is 1.06 bits per heavy atom. The molecule has 2 atom stereocenters. The number of phenolic OH excluding ortho intramolecular Hbond substituents is 1. The van der Waals surface area contributed by atoms with Gasteiger partial charge in [-0.1, -0.05) is 50.2 Å². The molecule has 6 rings (SSSR count). The number of likely N-dealkylation sites (N-methyl/N-ethyl adjacent to an activating group) is 1. The Hall–Kier alpha value is -4.90. The first-order valence-electron chi connectivity index (χ1n) is 15.6. The van der Waals surface area contributed by atoms with Gasteiger partial charge < -0.3 is 24.7 Å². The molecule has 4 aromatic rings. The van der Waals surface area contributed by atoms with Crippen LogP contribution in [0, 0.1) is 11.6 Å². The molecule has 0 aliphatic carbocycles. The fourth-order valence-corrected chi connectivity index (χ4v) is 7.34. The summed E-state index contributed by atoms with van der Waals surface area (Å²) in [5.74, 6) is -3.33. The third-order valence-electron chi connectivity index (χ3n) is 9.35. The Balaban J connectivity index is 1.82. The third-order valence-corrected chi connectivity index (χ3v) is 9.65. The van der Waals surface area contributed by atoms with Crippen molar-refractivity contribution in [1.29, 1.82) is 0 Å². The number of amides is 2. The van der Waals surface area contributed by atoms with Gasteiger partial charge in [0.25, 0.3) is 11.5 Å². The number of anilines is 3. The maximum atomic E-state index is 17.5. The molecular weight excluding hydrogens is 640 g/mol. The van der Waals surface area contributed by atoms with Crippen LogP contribution in [0.5, 0.6) is 5.75 Å². The van der Waals surface area contributed by atoms with Crippen molar-refractivity contribution in [2.45, 2.75) is 38.8 Å². The Morgan fingerprint density at radius 2 is 1.75 bits per heavy atom. The number of rotatable bonds is 5. The summed E-state index contributed by atoms with van der Waals surface area (Å²) in [6, 6.07) is 9.28. The average Bonchev–Trinajstić information content (AvgIpc) is 3.03. The predicted octanol–water partition coefficient (Wildman–Crippen LogP) is 6.05. The third kappa shape index (κ3) is 4.82. The summed E-state index contributed by atoms with van der Waals surface area (Å²) < 4.78 is 34.1. The van der Waals surface area contributed by atoms with E-state index in [1.165, 1.54) is 40.8 Å². The molecule has 0 saturated carbocycles. The summed E-state index contributed by atoms with van der Waals surface area (Å²) >= 11 is 6.81. The lowest BCUT2D eigenvalue weighted by Gasteiger charge is -2.50. The van der Waals surface area contributed by atoms with Crippen molar-refractivity contribution in [3.63, 3.8) is 0 Å². The lowest BCUT2D eigenvalue weighted by atomic mass is 9.94. The molecule has 2 unspecified atom stereocenters. The zero-order valence-corrected chi connectivity index (χ0v) is 28.3. The van der Waals surface area contributed by atoms with Gasteiger partial charge in [-0.05, 0) is 48.7 Å².